The van der Waals surface area contributed by atoms with Crippen molar-refractivity contribution < 1.29 is 62.1 Å². The second-order valence-corrected chi connectivity index (χ2v) is 22.0. The molecular formula is C62H87N21O13. The lowest BCUT2D eigenvalue weighted by molar-refractivity contribution is -0.122. The fourth-order valence-electron chi connectivity index (χ4n) is 10.3. The van der Waals surface area contributed by atoms with Crippen LogP contribution in [0.25, 0.3) is 0 Å². The summed E-state index contributed by atoms with van der Waals surface area (Å²) in [5.74, 6) is -7.89. The number of anilines is 4. The molecule has 1 aliphatic carbocycles. The first kappa shape index (κ1) is 75.3. The zero-order valence-electron chi connectivity index (χ0n) is 53.9. The van der Waals surface area contributed by atoms with E-state index in [1.807, 2.05) is 0 Å². The lowest BCUT2D eigenvalue weighted by Gasteiger charge is -2.22. The molecule has 1 fully saturated rings. The molecule has 4 aromatic carbocycles. The minimum atomic E-state index is -1.34. The number of amides is 8. The maximum atomic E-state index is 14.4. The third-order valence-electron chi connectivity index (χ3n) is 15.1. The van der Waals surface area contributed by atoms with Gasteiger partial charge in [-0.2, -0.15) is 0 Å². The van der Waals surface area contributed by atoms with Crippen LogP contribution in [0.1, 0.15) is 112 Å². The first-order chi connectivity index (χ1) is 45.8. The van der Waals surface area contributed by atoms with E-state index < -0.39 is 83.3 Å². The SMILES string of the molecule is COc1ccc(NC(=O)[C@H](CCCN=C(N)N)NC(=O)c2cc(NC(=O)[C@@H](N)CCCN=C(N)N)ccc2OC)cc1C(=O)N[C@@H](CCCN=C(N)N)C(=O)Nc1ccc(OC)c(C(=O)N[C@@H](CCCN=C(N)N)C(=O)Nc2ccc(OC)c(C(=O)C3CCC[C@H]3C(N)=O)c2)c1. The van der Waals surface area contributed by atoms with E-state index >= 15 is 0 Å². The number of carbonyl (C=O) groups excluding carboxylic acids is 9. The lowest BCUT2D eigenvalue weighted by Crippen LogP contribution is -2.44. The van der Waals surface area contributed by atoms with Gasteiger partial charge in [-0.05, 0) is 137 Å². The summed E-state index contributed by atoms with van der Waals surface area (Å²) in [7, 11) is 5.31. The molecule has 518 valence electrons. The smallest absolute Gasteiger partial charge is 0.255 e. The number of benzene rings is 4. The van der Waals surface area contributed by atoms with Gasteiger partial charge < -0.3 is 114 Å². The highest BCUT2D eigenvalue weighted by molar-refractivity contribution is 6.08. The zero-order chi connectivity index (χ0) is 70.6. The Balaban J connectivity index is 1.38. The topological polar surface area (TPSA) is 584 Å². The van der Waals surface area contributed by atoms with Crippen molar-refractivity contribution in [3.8, 4) is 23.0 Å². The molecule has 0 radical (unpaired) electrons. The van der Waals surface area contributed by atoms with Crippen LogP contribution in [0.5, 0.6) is 23.0 Å². The van der Waals surface area contributed by atoms with Gasteiger partial charge in [-0.15, -0.1) is 0 Å². The quantitative estimate of drug-likeness (QED) is 0.0117. The van der Waals surface area contributed by atoms with Crippen LogP contribution in [0.2, 0.25) is 0 Å². The highest BCUT2D eigenvalue weighted by Crippen LogP contribution is 2.37. The van der Waals surface area contributed by atoms with Gasteiger partial charge in [-0.3, -0.25) is 63.1 Å². The van der Waals surface area contributed by atoms with Crippen LogP contribution in [0.15, 0.2) is 92.8 Å². The third-order valence-corrected chi connectivity index (χ3v) is 15.1. The van der Waals surface area contributed by atoms with Crippen LogP contribution >= 0.6 is 0 Å². The predicted molar refractivity (Wildman–Crippen MR) is 362 cm³/mol. The van der Waals surface area contributed by atoms with E-state index in [0.29, 0.717) is 25.7 Å². The van der Waals surface area contributed by atoms with E-state index in [1.165, 1.54) is 101 Å². The van der Waals surface area contributed by atoms with Gasteiger partial charge >= 0.3 is 0 Å². The van der Waals surface area contributed by atoms with Crippen molar-refractivity contribution >= 4 is 99.6 Å². The summed E-state index contributed by atoms with van der Waals surface area (Å²) in [4.78, 5) is 141. The largest absolute Gasteiger partial charge is 0.496 e. The molecule has 34 heteroatoms. The van der Waals surface area contributed by atoms with Gasteiger partial charge in [0.1, 0.15) is 41.1 Å². The summed E-state index contributed by atoms with van der Waals surface area (Å²) in [6, 6.07) is 12.1. The van der Waals surface area contributed by atoms with Crippen LogP contribution < -0.4 is 114 Å². The number of hydrogen-bond acceptors (Lipinski definition) is 18. The highest BCUT2D eigenvalue weighted by atomic mass is 16.5. The Bertz CT molecular complexity index is 3570. The number of Topliss-reactive ketones (excluding diaryl/α,β-unsaturated/α-hetero) is 1. The van der Waals surface area contributed by atoms with E-state index in [0.717, 1.165) is 0 Å². The number of ether oxygens (including phenoxy) is 4. The Morgan fingerprint density at radius 1 is 0.406 bits per heavy atom. The minimum absolute atomic E-state index is 0.00155. The molecule has 0 aromatic heterocycles. The predicted octanol–water partition coefficient (Wildman–Crippen LogP) is -0.503. The van der Waals surface area contributed by atoms with Crippen LogP contribution in [0, 0.1) is 11.8 Å². The Morgan fingerprint density at radius 2 is 0.688 bits per heavy atom. The van der Waals surface area contributed by atoms with E-state index in [4.69, 9.17) is 76.3 Å². The van der Waals surface area contributed by atoms with Crippen molar-refractivity contribution in [1.82, 2.24) is 16.0 Å². The molecule has 1 aliphatic rings. The fourth-order valence-corrected chi connectivity index (χ4v) is 10.3. The van der Waals surface area contributed by atoms with Crippen LogP contribution in [-0.4, -0.2) is 156 Å². The van der Waals surface area contributed by atoms with Crippen molar-refractivity contribution in [2.45, 2.75) is 94.8 Å². The molecule has 6 atom stereocenters. The lowest BCUT2D eigenvalue weighted by atomic mass is 9.87. The first-order valence-electron chi connectivity index (χ1n) is 30.5. The standard InChI is InChI=1S/C62H87N21O13/c1-93-46-20-16-32(28-38(46)50(84)36-10-5-11-37(36)51(64)85)78-56(90)43(13-7-25-74-60(67)68)81-53(87)40-30-34(18-22-48(40)95-3)80-58(92)45(15-9-27-76-62(71)72)83-54(88)41-31-35(19-23-49(41)96-4)79-57(91)44(14-8-26-75-61(69)70)82-52(86)39-29-33(17-21-47(39)94-2)77-55(89)42(63)12-6-24-73-59(65)66/h16-23,28-31,36-37,42-45H,5-15,24-27,63H2,1-4H3,(H2,64,85)(H,77,89)(H,78,90)(H,79,91)(H,80,92)(H,81,87)(H,82,86)(H,83,88)(H4,65,66,73)(H4,67,68,74)(H4,69,70,75)(H4,71,72,76)/t36?,37-,42+,43+,44+,45+/m1/s1. The minimum Gasteiger partial charge on any atom is -0.496 e. The molecular weight excluding hydrogens is 1250 g/mol. The number of primary amides is 1. The average Bonchev–Trinajstić information content (AvgIpc) is 1.29. The number of nitrogens with zero attached hydrogens (tertiary/aromatic N) is 4. The number of aliphatic imine (C=N–C) groups is 4. The zero-order valence-corrected chi connectivity index (χ0v) is 53.9. The number of methoxy groups -OCH3 is 4. The summed E-state index contributed by atoms with van der Waals surface area (Å²) < 4.78 is 22.0. The summed E-state index contributed by atoms with van der Waals surface area (Å²) in [6.07, 6.45) is 2.67. The molecule has 0 saturated heterocycles. The van der Waals surface area contributed by atoms with Crippen molar-refractivity contribution in [1.29, 1.82) is 0 Å². The molecule has 0 bridgehead atoms. The van der Waals surface area contributed by atoms with E-state index in [-0.39, 0.29) is 169 Å². The molecule has 34 nitrogen and oxygen atoms in total. The molecule has 1 unspecified atom stereocenters. The number of nitrogens with two attached hydrogens (primary N) is 10. The molecule has 0 aliphatic heterocycles. The third kappa shape index (κ3) is 23.0. The fraction of sp³-hybridized carbons (Fsp3) is 0.403. The molecule has 4 aromatic rings. The van der Waals surface area contributed by atoms with Gasteiger partial charge in [0.2, 0.25) is 29.5 Å². The van der Waals surface area contributed by atoms with Crippen molar-refractivity contribution in [2.24, 2.45) is 89.1 Å². The van der Waals surface area contributed by atoms with Gasteiger partial charge in [-0.1, -0.05) is 6.42 Å². The monoisotopic (exact) mass is 1330 g/mol. The molecule has 5 rings (SSSR count). The van der Waals surface area contributed by atoms with Gasteiger partial charge in [0.05, 0.1) is 56.7 Å². The van der Waals surface area contributed by atoms with E-state index in [9.17, 15) is 43.2 Å². The second-order valence-electron chi connectivity index (χ2n) is 22.0. The molecule has 8 amide bonds. The Kier molecular flexibility index (Phi) is 29.2. The van der Waals surface area contributed by atoms with Crippen LogP contribution in [-0.2, 0) is 24.0 Å². The highest BCUT2D eigenvalue weighted by Gasteiger charge is 2.38. The Morgan fingerprint density at radius 3 is 0.990 bits per heavy atom. The molecule has 0 spiro atoms. The Hall–Kier alpha value is -11.5. The van der Waals surface area contributed by atoms with Crippen molar-refractivity contribution in [2.75, 3.05) is 75.9 Å². The maximum absolute atomic E-state index is 14.4. The second kappa shape index (κ2) is 37.3. The van der Waals surface area contributed by atoms with Gasteiger partial charge in [0.25, 0.3) is 17.7 Å². The van der Waals surface area contributed by atoms with Gasteiger partial charge in [0.15, 0.2) is 29.6 Å². The van der Waals surface area contributed by atoms with Crippen LogP contribution in [0.3, 0.4) is 0 Å². The van der Waals surface area contributed by atoms with Gasteiger partial charge in [0, 0.05) is 60.8 Å². The van der Waals surface area contributed by atoms with Crippen molar-refractivity contribution in [3.05, 3.63) is 95.1 Å². The molecule has 0 heterocycles. The van der Waals surface area contributed by atoms with E-state index in [1.54, 1.807) is 0 Å². The van der Waals surface area contributed by atoms with Gasteiger partial charge in [-0.25, -0.2) is 0 Å². The maximum Gasteiger partial charge on any atom is 0.255 e. The van der Waals surface area contributed by atoms with E-state index in [2.05, 4.69) is 57.2 Å². The normalized spacial score (nSPS) is 14.2. The summed E-state index contributed by atoms with van der Waals surface area (Å²) in [5.41, 5.74) is 56.1. The number of carbonyl (C=O) groups is 9. The first-order valence-corrected chi connectivity index (χ1v) is 30.5. The number of nitrogens with one attached hydrogen (secondary N) is 7. The number of ketones is 1. The summed E-state index contributed by atoms with van der Waals surface area (Å²) >= 11 is 0. The Labute approximate surface area is 553 Å². The average molecular weight is 1330 g/mol. The molecule has 1 saturated carbocycles. The number of guanidine groups is 4. The number of rotatable bonds is 37. The number of hydrogen-bond donors (Lipinski definition) is 17. The van der Waals surface area contributed by atoms with Crippen LogP contribution in [0.4, 0.5) is 22.7 Å². The van der Waals surface area contributed by atoms with Crippen molar-refractivity contribution in [3.63, 3.8) is 0 Å². The summed E-state index contributed by atoms with van der Waals surface area (Å²) in [5, 5.41) is 19.1. The molecule has 96 heavy (non-hydrogen) atoms. The summed E-state index contributed by atoms with van der Waals surface area (Å²) in [6.45, 7) is 0.473. The molecule has 27 N–H and O–H groups in total.